The fourth-order valence-electron chi connectivity index (χ4n) is 1.12. The van der Waals surface area contributed by atoms with Gasteiger partial charge in [0.15, 0.2) is 0 Å². The van der Waals surface area contributed by atoms with E-state index in [0.717, 1.165) is 0 Å². The van der Waals surface area contributed by atoms with E-state index in [1.54, 1.807) is 0 Å². The van der Waals surface area contributed by atoms with E-state index in [2.05, 4.69) is 25.7 Å². The number of pyridine rings is 1. The third kappa shape index (κ3) is 2.50. The first-order chi connectivity index (χ1) is 6.97. The number of hydrogen-bond donors (Lipinski definition) is 0. The van der Waals surface area contributed by atoms with Crippen LogP contribution in [0, 0.1) is 6.92 Å². The van der Waals surface area contributed by atoms with Crippen LogP contribution < -0.4 is 0 Å². The predicted octanol–water partition coefficient (Wildman–Crippen LogP) is 2.88. The summed E-state index contributed by atoms with van der Waals surface area (Å²) < 4.78 is 29.6. The van der Waals surface area contributed by atoms with Gasteiger partial charge in [-0.2, -0.15) is 0 Å². The van der Waals surface area contributed by atoms with Gasteiger partial charge in [-0.3, -0.25) is 0 Å². The van der Waals surface area contributed by atoms with Crippen molar-refractivity contribution in [2.24, 2.45) is 0 Å². The van der Waals surface area contributed by atoms with Gasteiger partial charge in [0.2, 0.25) is 0 Å². The average molecular weight is 280 g/mol. The van der Waals surface area contributed by atoms with Gasteiger partial charge in [-0.1, -0.05) is 15.9 Å². The molecular weight excluding hydrogens is 272 g/mol. The molecular formula is C9H8BrF2NO2. The van der Waals surface area contributed by atoms with E-state index < -0.39 is 12.4 Å². The molecule has 0 aliphatic rings. The number of hydrogen-bond acceptors (Lipinski definition) is 3. The van der Waals surface area contributed by atoms with Gasteiger partial charge >= 0.3 is 5.97 Å². The lowest BCUT2D eigenvalue weighted by Crippen LogP contribution is -2.07. The van der Waals surface area contributed by atoms with Crippen LogP contribution in [0.1, 0.15) is 28.2 Å². The summed E-state index contributed by atoms with van der Waals surface area (Å²) in [6.07, 6.45) is -2.63. The van der Waals surface area contributed by atoms with Gasteiger partial charge in [0.1, 0.15) is 5.69 Å². The first-order valence-corrected chi connectivity index (χ1v) is 4.80. The Hall–Kier alpha value is -1.04. The van der Waals surface area contributed by atoms with Crippen molar-refractivity contribution in [2.75, 3.05) is 7.11 Å². The maximum absolute atomic E-state index is 12.5. The SMILES string of the molecule is COC(=O)c1cc(Br)c(C(F)F)c(C)n1. The van der Waals surface area contributed by atoms with Gasteiger partial charge in [-0.15, -0.1) is 0 Å². The van der Waals surface area contributed by atoms with E-state index >= 15 is 0 Å². The minimum atomic E-state index is -2.63. The Balaban J connectivity index is 3.25. The number of methoxy groups -OCH3 is 1. The van der Waals surface area contributed by atoms with Crippen LogP contribution >= 0.6 is 15.9 Å². The number of esters is 1. The Morgan fingerprint density at radius 2 is 2.20 bits per heavy atom. The quantitative estimate of drug-likeness (QED) is 0.782. The summed E-state index contributed by atoms with van der Waals surface area (Å²) in [5.74, 6) is -0.653. The van der Waals surface area contributed by atoms with E-state index in [1.807, 2.05) is 0 Å². The number of aromatic nitrogens is 1. The summed E-state index contributed by atoms with van der Waals surface area (Å²) in [6, 6.07) is 1.22. The summed E-state index contributed by atoms with van der Waals surface area (Å²) in [7, 11) is 1.20. The standard InChI is InChI=1S/C9H8BrF2NO2/c1-4-7(8(11)12)5(10)3-6(13-4)9(14)15-2/h3,8H,1-2H3. The monoisotopic (exact) mass is 279 g/mol. The number of halogens is 3. The van der Waals surface area contributed by atoms with Gasteiger partial charge in [0, 0.05) is 10.2 Å². The Labute approximate surface area is 93.6 Å². The third-order valence-corrected chi connectivity index (χ3v) is 2.47. The van der Waals surface area contributed by atoms with Crippen molar-refractivity contribution in [2.45, 2.75) is 13.3 Å². The van der Waals surface area contributed by atoms with Crippen molar-refractivity contribution in [3.05, 3.63) is 27.5 Å². The zero-order valence-electron chi connectivity index (χ0n) is 8.05. The maximum Gasteiger partial charge on any atom is 0.356 e. The second-order valence-corrected chi connectivity index (χ2v) is 3.64. The van der Waals surface area contributed by atoms with Crippen molar-refractivity contribution in [1.82, 2.24) is 4.98 Å². The number of aryl methyl sites for hydroxylation is 1. The predicted molar refractivity (Wildman–Crippen MR) is 53.0 cm³/mol. The highest BCUT2D eigenvalue weighted by atomic mass is 79.9. The fraction of sp³-hybridized carbons (Fsp3) is 0.333. The fourth-order valence-corrected chi connectivity index (χ4v) is 1.79. The molecule has 0 radical (unpaired) electrons. The zero-order valence-corrected chi connectivity index (χ0v) is 9.64. The molecule has 3 nitrogen and oxygen atoms in total. The van der Waals surface area contributed by atoms with Crippen molar-refractivity contribution in [3.63, 3.8) is 0 Å². The minimum absolute atomic E-state index is 0.00581. The van der Waals surface area contributed by atoms with Crippen LogP contribution in [0.5, 0.6) is 0 Å². The molecule has 15 heavy (non-hydrogen) atoms. The van der Waals surface area contributed by atoms with E-state index in [9.17, 15) is 13.6 Å². The third-order valence-electron chi connectivity index (χ3n) is 1.81. The van der Waals surface area contributed by atoms with Crippen LogP contribution in [0.4, 0.5) is 8.78 Å². The van der Waals surface area contributed by atoms with Crippen LogP contribution in [-0.2, 0) is 4.74 Å². The second-order valence-electron chi connectivity index (χ2n) is 2.78. The summed E-state index contributed by atoms with van der Waals surface area (Å²) in [4.78, 5) is 14.8. The Bertz CT molecular complexity index is 373. The van der Waals surface area contributed by atoms with Crippen LogP contribution in [-0.4, -0.2) is 18.1 Å². The van der Waals surface area contributed by atoms with Crippen molar-refractivity contribution >= 4 is 21.9 Å². The Kier molecular flexibility index (Phi) is 3.73. The molecule has 0 atom stereocenters. The van der Waals surface area contributed by atoms with E-state index in [1.165, 1.54) is 20.1 Å². The highest BCUT2D eigenvalue weighted by Crippen LogP contribution is 2.29. The van der Waals surface area contributed by atoms with Gasteiger partial charge in [0.05, 0.1) is 12.7 Å². The molecule has 0 fully saturated rings. The van der Waals surface area contributed by atoms with Gasteiger partial charge in [-0.25, -0.2) is 18.6 Å². The van der Waals surface area contributed by atoms with Gasteiger partial charge in [-0.05, 0) is 13.0 Å². The number of ether oxygens (including phenoxy) is 1. The molecule has 0 bridgehead atoms. The van der Waals surface area contributed by atoms with Crippen molar-refractivity contribution < 1.29 is 18.3 Å². The zero-order chi connectivity index (χ0) is 11.6. The van der Waals surface area contributed by atoms with Crippen molar-refractivity contribution in [1.29, 1.82) is 0 Å². The number of alkyl halides is 2. The number of carbonyl (C=O) groups excluding carboxylic acids is 1. The van der Waals surface area contributed by atoms with Gasteiger partial charge in [0.25, 0.3) is 6.43 Å². The topological polar surface area (TPSA) is 39.2 Å². The summed E-state index contributed by atoms with van der Waals surface area (Å²) in [6.45, 7) is 1.42. The van der Waals surface area contributed by atoms with Crippen LogP contribution in [0.3, 0.4) is 0 Å². The number of nitrogens with zero attached hydrogens (tertiary/aromatic N) is 1. The van der Waals surface area contributed by atoms with Crippen LogP contribution in [0.2, 0.25) is 0 Å². The highest BCUT2D eigenvalue weighted by molar-refractivity contribution is 9.10. The molecule has 0 unspecified atom stereocenters. The molecule has 1 aromatic heterocycles. The van der Waals surface area contributed by atoms with Crippen LogP contribution in [0.15, 0.2) is 10.5 Å². The molecule has 1 aromatic rings. The molecule has 0 aliphatic heterocycles. The molecule has 0 saturated carbocycles. The molecule has 0 saturated heterocycles. The Morgan fingerprint density at radius 3 is 2.60 bits per heavy atom. The molecule has 6 heteroatoms. The van der Waals surface area contributed by atoms with Crippen LogP contribution in [0.25, 0.3) is 0 Å². The average Bonchev–Trinajstić information content (AvgIpc) is 2.14. The summed E-state index contributed by atoms with van der Waals surface area (Å²) in [5.41, 5.74) is -0.0892. The van der Waals surface area contributed by atoms with Gasteiger partial charge < -0.3 is 4.74 Å². The Morgan fingerprint density at radius 1 is 1.60 bits per heavy atom. The lowest BCUT2D eigenvalue weighted by molar-refractivity contribution is 0.0593. The normalized spacial score (nSPS) is 10.5. The molecule has 1 heterocycles. The van der Waals surface area contributed by atoms with E-state index in [-0.39, 0.29) is 21.4 Å². The molecule has 0 amide bonds. The molecule has 82 valence electrons. The first kappa shape index (κ1) is 12.0. The lowest BCUT2D eigenvalue weighted by atomic mass is 10.2. The smallest absolute Gasteiger partial charge is 0.356 e. The minimum Gasteiger partial charge on any atom is -0.464 e. The maximum atomic E-state index is 12.5. The second kappa shape index (κ2) is 4.65. The summed E-state index contributed by atoms with van der Waals surface area (Å²) >= 11 is 2.97. The molecule has 0 aliphatic carbocycles. The van der Waals surface area contributed by atoms with E-state index in [4.69, 9.17) is 0 Å². The number of carbonyl (C=O) groups is 1. The van der Waals surface area contributed by atoms with E-state index in [0.29, 0.717) is 0 Å². The first-order valence-electron chi connectivity index (χ1n) is 4.01. The molecule has 1 rings (SSSR count). The lowest BCUT2D eigenvalue weighted by Gasteiger charge is -2.08. The van der Waals surface area contributed by atoms with Crippen molar-refractivity contribution in [3.8, 4) is 0 Å². The summed E-state index contributed by atoms with van der Waals surface area (Å²) in [5, 5.41) is 0. The largest absolute Gasteiger partial charge is 0.464 e. The molecule has 0 N–H and O–H groups in total. The molecule has 0 spiro atoms. The number of rotatable bonds is 2. The molecule has 0 aromatic carbocycles. The highest BCUT2D eigenvalue weighted by Gasteiger charge is 2.19.